The summed E-state index contributed by atoms with van der Waals surface area (Å²) in [7, 11) is 0. The molecule has 0 heterocycles. The fourth-order valence-electron chi connectivity index (χ4n) is 0.316. The van der Waals surface area contributed by atoms with Crippen molar-refractivity contribution in [2.75, 3.05) is 0 Å². The van der Waals surface area contributed by atoms with Crippen LogP contribution in [0, 0.1) is 0 Å². The summed E-state index contributed by atoms with van der Waals surface area (Å²) in [6.07, 6.45) is 1.05. The number of rotatable bonds is 4. The smallest absolute Gasteiger partial charge is 0.348 e. The monoisotopic (exact) mass is 201 g/mol. The number of carboxylic acid groups (broad SMARTS) is 2. The van der Waals surface area contributed by atoms with E-state index in [2.05, 4.69) is 15.3 Å². The minimum atomic E-state index is -1.28. The van der Waals surface area contributed by atoms with E-state index in [0.717, 1.165) is 0 Å². The lowest BCUT2D eigenvalue weighted by atomic mass is 10.8. The van der Waals surface area contributed by atoms with E-state index in [0.29, 0.717) is 12.4 Å². The number of nitrogens with two attached hydrogens (primary N) is 1. The molecule has 0 spiro atoms. The predicted octanol–water partition coefficient (Wildman–Crippen LogP) is -1.97. The van der Waals surface area contributed by atoms with Crippen LogP contribution in [0.25, 0.3) is 0 Å². The summed E-state index contributed by atoms with van der Waals surface area (Å²) >= 11 is 0. The fourth-order valence-corrected chi connectivity index (χ4v) is 0.316. The van der Waals surface area contributed by atoms with E-state index in [1.54, 1.807) is 0 Å². The van der Waals surface area contributed by atoms with Gasteiger partial charge in [0.2, 0.25) is 5.96 Å². The van der Waals surface area contributed by atoms with Gasteiger partial charge in [-0.3, -0.25) is 0 Å². The summed E-state index contributed by atoms with van der Waals surface area (Å²) in [6, 6.07) is 0. The van der Waals surface area contributed by atoms with E-state index < -0.39 is 11.9 Å². The Kier molecular flexibility index (Phi) is 5.04. The van der Waals surface area contributed by atoms with Crippen molar-refractivity contribution in [3.63, 3.8) is 0 Å². The highest BCUT2D eigenvalue weighted by atomic mass is 16.4. The number of nitrogens with one attached hydrogen (secondary N) is 1. The molecule has 0 aliphatic carbocycles. The van der Waals surface area contributed by atoms with Crippen LogP contribution in [0.5, 0.6) is 0 Å². The Morgan fingerprint density at radius 1 is 1.21 bits per heavy atom. The van der Waals surface area contributed by atoms with E-state index in [1.807, 2.05) is 5.43 Å². The van der Waals surface area contributed by atoms with Gasteiger partial charge in [0.1, 0.15) is 12.4 Å². The molecule has 0 aliphatic rings. The molecule has 0 rings (SSSR count). The summed E-state index contributed by atoms with van der Waals surface area (Å²) in [5, 5.41) is 25.5. The van der Waals surface area contributed by atoms with Crippen molar-refractivity contribution in [3.8, 4) is 0 Å². The Bertz CT molecular complexity index is 307. The van der Waals surface area contributed by atoms with Crippen molar-refractivity contribution in [1.82, 2.24) is 5.43 Å². The number of guanidine groups is 1. The van der Waals surface area contributed by atoms with Crippen LogP contribution >= 0.6 is 0 Å². The molecule has 0 aromatic heterocycles. The first-order valence-corrected chi connectivity index (χ1v) is 3.14. The van der Waals surface area contributed by atoms with Gasteiger partial charge in [0.05, 0.1) is 0 Å². The van der Waals surface area contributed by atoms with Gasteiger partial charge in [-0.25, -0.2) is 15.0 Å². The lowest BCUT2D eigenvalue weighted by Crippen LogP contribution is -2.27. The maximum absolute atomic E-state index is 9.91. The van der Waals surface area contributed by atoms with Crippen LogP contribution in [-0.2, 0) is 9.59 Å². The molecule has 0 aliphatic heterocycles. The van der Waals surface area contributed by atoms with E-state index in [1.165, 1.54) is 0 Å². The maximum Gasteiger partial charge on any atom is 0.348 e. The highest BCUT2D eigenvalue weighted by molar-refractivity contribution is 6.22. The molecule has 0 atom stereocenters. The number of nitrogens with zero attached hydrogens (tertiary/aromatic N) is 3. The highest BCUT2D eigenvalue weighted by Crippen LogP contribution is 1.69. The molecule has 0 aromatic carbocycles. The maximum atomic E-state index is 9.91. The molecule has 14 heavy (non-hydrogen) atoms. The third kappa shape index (κ3) is 7.65. The Labute approximate surface area is 77.6 Å². The molecular formula is C5H7N5O4. The second kappa shape index (κ2) is 6.11. The quantitative estimate of drug-likeness (QED) is 0.235. The van der Waals surface area contributed by atoms with Gasteiger partial charge in [0, 0.05) is 0 Å². The topological polar surface area (TPSA) is 150 Å². The number of carbonyl (C=O) groups is 2. The van der Waals surface area contributed by atoms with Gasteiger partial charge in [-0.1, -0.05) is 0 Å². The summed E-state index contributed by atoms with van der Waals surface area (Å²) in [6.45, 7) is 0. The predicted molar refractivity (Wildman–Crippen MR) is 47.0 cm³/mol. The van der Waals surface area contributed by atoms with Crippen LogP contribution in [-0.4, -0.2) is 40.5 Å². The lowest BCUT2D eigenvalue weighted by molar-refractivity contribution is -0.129. The minimum absolute atomic E-state index is 0.333. The van der Waals surface area contributed by atoms with Crippen LogP contribution in [0.15, 0.2) is 15.3 Å². The Hall–Kier alpha value is -2.45. The molecule has 9 nitrogen and oxygen atoms in total. The molecule has 0 amide bonds. The van der Waals surface area contributed by atoms with Crippen molar-refractivity contribution in [1.29, 1.82) is 0 Å². The van der Waals surface area contributed by atoms with Gasteiger partial charge in [0.15, 0.2) is 0 Å². The van der Waals surface area contributed by atoms with Gasteiger partial charge < -0.3 is 15.9 Å². The number of carboxylic acids is 2. The van der Waals surface area contributed by atoms with E-state index in [9.17, 15) is 9.59 Å². The molecular weight excluding hydrogens is 194 g/mol. The average molecular weight is 201 g/mol. The molecule has 0 saturated heterocycles. The number of hydrogen-bond donors (Lipinski definition) is 4. The van der Waals surface area contributed by atoms with Crippen molar-refractivity contribution in [2.45, 2.75) is 0 Å². The lowest BCUT2D eigenvalue weighted by Gasteiger charge is -1.92. The standard InChI is InChI=1S/C5H7N5O4/c6-5(9-7-1-3(11)12)10-8-2-4(13)14/h1-2H,(H,11,12)(H,13,14)(H3,6,9,10)/b7-1+,8-2+. The fraction of sp³-hybridized carbons (Fsp3) is 0. The highest BCUT2D eigenvalue weighted by Gasteiger charge is 1.89. The van der Waals surface area contributed by atoms with Gasteiger partial charge >= 0.3 is 11.9 Å². The van der Waals surface area contributed by atoms with E-state index in [-0.39, 0.29) is 5.96 Å². The summed E-state index contributed by atoms with van der Waals surface area (Å²) in [5.74, 6) is -2.88. The summed E-state index contributed by atoms with van der Waals surface area (Å²) in [4.78, 5) is 19.8. The van der Waals surface area contributed by atoms with Crippen LogP contribution in [0.2, 0.25) is 0 Å². The minimum Gasteiger partial charge on any atom is -0.477 e. The third-order valence-corrected chi connectivity index (χ3v) is 0.688. The molecule has 0 bridgehead atoms. The first-order chi connectivity index (χ1) is 6.52. The molecule has 0 aromatic rings. The Morgan fingerprint density at radius 2 is 1.79 bits per heavy atom. The number of aliphatic carboxylic acids is 2. The third-order valence-electron chi connectivity index (χ3n) is 0.688. The first kappa shape index (κ1) is 11.6. The Balaban J connectivity index is 4.01. The Morgan fingerprint density at radius 3 is 2.29 bits per heavy atom. The van der Waals surface area contributed by atoms with Gasteiger partial charge in [0.25, 0.3) is 0 Å². The van der Waals surface area contributed by atoms with Gasteiger partial charge in [-0.05, 0) is 0 Å². The molecule has 0 radical (unpaired) electrons. The second-order valence-corrected chi connectivity index (χ2v) is 1.78. The average Bonchev–Trinajstić information content (AvgIpc) is 2.02. The first-order valence-electron chi connectivity index (χ1n) is 3.14. The zero-order valence-electron chi connectivity index (χ0n) is 6.78. The van der Waals surface area contributed by atoms with E-state index in [4.69, 9.17) is 15.9 Å². The largest absolute Gasteiger partial charge is 0.477 e. The molecule has 0 fully saturated rings. The SMILES string of the molecule is NC(=N/N=C/C(=O)O)N/N=C/C(=O)O. The van der Waals surface area contributed by atoms with Crippen molar-refractivity contribution >= 4 is 30.3 Å². The van der Waals surface area contributed by atoms with Crippen LogP contribution in [0.4, 0.5) is 0 Å². The summed E-state index contributed by atoms with van der Waals surface area (Å²) < 4.78 is 0. The van der Waals surface area contributed by atoms with Crippen LogP contribution in [0.1, 0.15) is 0 Å². The van der Waals surface area contributed by atoms with Crippen LogP contribution in [0.3, 0.4) is 0 Å². The molecule has 5 N–H and O–H groups in total. The van der Waals surface area contributed by atoms with Crippen LogP contribution < -0.4 is 11.2 Å². The summed E-state index contributed by atoms with van der Waals surface area (Å²) in [5.41, 5.74) is 7.07. The molecule has 0 saturated carbocycles. The van der Waals surface area contributed by atoms with Gasteiger partial charge in [-0.15, -0.1) is 10.2 Å². The molecule has 76 valence electrons. The van der Waals surface area contributed by atoms with Gasteiger partial charge in [-0.2, -0.15) is 5.10 Å². The van der Waals surface area contributed by atoms with Crippen molar-refractivity contribution in [3.05, 3.63) is 0 Å². The van der Waals surface area contributed by atoms with Crippen molar-refractivity contribution in [2.24, 2.45) is 21.0 Å². The molecule has 0 unspecified atom stereocenters. The second-order valence-electron chi connectivity index (χ2n) is 1.78. The van der Waals surface area contributed by atoms with E-state index >= 15 is 0 Å². The zero-order chi connectivity index (χ0) is 11.0. The zero-order valence-corrected chi connectivity index (χ0v) is 6.78. The molecule has 9 heteroatoms. The number of hydrogen-bond acceptors (Lipinski definition) is 5. The normalized spacial score (nSPS) is 12.1. The number of hydrazone groups is 1. The van der Waals surface area contributed by atoms with Crippen molar-refractivity contribution < 1.29 is 19.8 Å².